The molecule has 1 aliphatic rings. The van der Waals surface area contributed by atoms with Gasteiger partial charge in [0, 0.05) is 11.6 Å². The number of rotatable bonds is 8. The van der Waals surface area contributed by atoms with Gasteiger partial charge in [0.05, 0.1) is 26.7 Å². The van der Waals surface area contributed by atoms with E-state index in [1.807, 2.05) is 37.3 Å². The summed E-state index contributed by atoms with van der Waals surface area (Å²) in [5.41, 5.74) is 2.61. The SMILES string of the molecule is COc1ccc(CC(=O)NC(C)c2ccc(NC(=O)C3CC3)cc2)cc1OC. The molecule has 1 unspecified atom stereocenters. The highest BCUT2D eigenvalue weighted by atomic mass is 16.5. The number of anilines is 1. The summed E-state index contributed by atoms with van der Waals surface area (Å²) in [6.07, 6.45) is 2.21. The molecule has 0 heterocycles. The first-order chi connectivity index (χ1) is 13.5. The highest BCUT2D eigenvalue weighted by Crippen LogP contribution is 2.30. The second-order valence-electron chi connectivity index (χ2n) is 7.04. The van der Waals surface area contributed by atoms with Gasteiger partial charge >= 0.3 is 0 Å². The summed E-state index contributed by atoms with van der Waals surface area (Å²) < 4.78 is 10.5. The van der Waals surface area contributed by atoms with E-state index in [0.29, 0.717) is 11.5 Å². The molecule has 6 heteroatoms. The van der Waals surface area contributed by atoms with Crippen molar-refractivity contribution in [2.45, 2.75) is 32.2 Å². The summed E-state index contributed by atoms with van der Waals surface area (Å²) in [7, 11) is 3.15. The maximum absolute atomic E-state index is 12.4. The zero-order valence-electron chi connectivity index (χ0n) is 16.5. The predicted octanol–water partition coefficient (Wildman–Crippen LogP) is 3.47. The third-order valence-corrected chi connectivity index (χ3v) is 4.82. The third-order valence-electron chi connectivity index (χ3n) is 4.82. The predicted molar refractivity (Wildman–Crippen MR) is 108 cm³/mol. The van der Waals surface area contributed by atoms with E-state index < -0.39 is 0 Å². The molecular weight excluding hydrogens is 356 g/mol. The first kappa shape index (κ1) is 19.7. The van der Waals surface area contributed by atoms with E-state index in [9.17, 15) is 9.59 Å². The molecule has 1 atom stereocenters. The number of carbonyl (C=O) groups is 2. The van der Waals surface area contributed by atoms with Gasteiger partial charge in [-0.1, -0.05) is 18.2 Å². The maximum atomic E-state index is 12.4. The molecule has 28 heavy (non-hydrogen) atoms. The highest BCUT2D eigenvalue weighted by molar-refractivity contribution is 5.94. The lowest BCUT2D eigenvalue weighted by Gasteiger charge is -2.16. The third kappa shape index (κ3) is 5.03. The monoisotopic (exact) mass is 382 g/mol. The Morgan fingerprint density at radius 1 is 1.04 bits per heavy atom. The second kappa shape index (κ2) is 8.78. The van der Waals surface area contributed by atoms with Crippen LogP contribution in [0.4, 0.5) is 5.69 Å². The quantitative estimate of drug-likeness (QED) is 0.733. The van der Waals surface area contributed by atoms with Crippen molar-refractivity contribution in [2.75, 3.05) is 19.5 Å². The molecule has 6 nitrogen and oxygen atoms in total. The fraction of sp³-hybridized carbons (Fsp3) is 0.364. The molecule has 1 saturated carbocycles. The first-order valence-corrected chi connectivity index (χ1v) is 9.41. The molecule has 0 spiro atoms. The summed E-state index contributed by atoms with van der Waals surface area (Å²) in [6, 6.07) is 12.9. The van der Waals surface area contributed by atoms with Crippen molar-refractivity contribution in [3.63, 3.8) is 0 Å². The van der Waals surface area contributed by atoms with Crippen LogP contribution in [0.2, 0.25) is 0 Å². The molecule has 0 bridgehead atoms. The minimum absolute atomic E-state index is 0.0779. The lowest BCUT2D eigenvalue weighted by atomic mass is 10.1. The maximum Gasteiger partial charge on any atom is 0.227 e. The Bertz CT molecular complexity index is 844. The van der Waals surface area contributed by atoms with Gasteiger partial charge in [-0.2, -0.15) is 0 Å². The van der Waals surface area contributed by atoms with Gasteiger partial charge in [0.25, 0.3) is 0 Å². The number of amides is 2. The fourth-order valence-corrected chi connectivity index (χ4v) is 3.00. The molecule has 1 fully saturated rings. The number of ether oxygens (including phenoxy) is 2. The molecule has 2 N–H and O–H groups in total. The van der Waals surface area contributed by atoms with Crippen LogP contribution in [0.1, 0.15) is 36.9 Å². The number of hydrogen-bond donors (Lipinski definition) is 2. The Kier molecular flexibility index (Phi) is 6.19. The lowest BCUT2D eigenvalue weighted by molar-refractivity contribution is -0.121. The van der Waals surface area contributed by atoms with Gasteiger partial charge in [0.1, 0.15) is 0 Å². The van der Waals surface area contributed by atoms with Crippen molar-refractivity contribution >= 4 is 17.5 Å². The average molecular weight is 382 g/mol. The molecule has 0 aromatic heterocycles. The van der Waals surface area contributed by atoms with Gasteiger partial charge in [-0.05, 0) is 55.2 Å². The Labute approximate surface area is 165 Å². The van der Waals surface area contributed by atoms with E-state index in [1.165, 1.54) is 0 Å². The van der Waals surface area contributed by atoms with E-state index in [-0.39, 0.29) is 30.2 Å². The molecule has 148 valence electrons. The van der Waals surface area contributed by atoms with Crippen LogP contribution in [0.15, 0.2) is 42.5 Å². The minimum Gasteiger partial charge on any atom is -0.493 e. The number of nitrogens with one attached hydrogen (secondary N) is 2. The number of hydrogen-bond acceptors (Lipinski definition) is 4. The van der Waals surface area contributed by atoms with E-state index in [2.05, 4.69) is 10.6 Å². The van der Waals surface area contributed by atoms with Crippen molar-refractivity contribution in [3.8, 4) is 11.5 Å². The molecule has 3 rings (SSSR count). The Morgan fingerprint density at radius 2 is 1.71 bits per heavy atom. The van der Waals surface area contributed by atoms with Gasteiger partial charge in [-0.25, -0.2) is 0 Å². The van der Waals surface area contributed by atoms with Gasteiger partial charge in [-0.15, -0.1) is 0 Å². The van der Waals surface area contributed by atoms with Crippen LogP contribution in [0.25, 0.3) is 0 Å². The number of carbonyl (C=O) groups excluding carboxylic acids is 2. The van der Waals surface area contributed by atoms with Gasteiger partial charge < -0.3 is 20.1 Å². The summed E-state index contributed by atoms with van der Waals surface area (Å²) in [6.45, 7) is 1.93. The van der Waals surface area contributed by atoms with Gasteiger partial charge in [-0.3, -0.25) is 9.59 Å². The zero-order chi connectivity index (χ0) is 20.1. The number of benzene rings is 2. The normalized spacial score (nSPS) is 14.1. The molecule has 1 aliphatic carbocycles. The van der Waals surface area contributed by atoms with Gasteiger partial charge in [0.2, 0.25) is 11.8 Å². The Morgan fingerprint density at radius 3 is 2.32 bits per heavy atom. The summed E-state index contributed by atoms with van der Waals surface area (Å²) in [5.74, 6) is 1.42. The average Bonchev–Trinajstić information content (AvgIpc) is 3.53. The summed E-state index contributed by atoms with van der Waals surface area (Å²) >= 11 is 0. The van der Waals surface area contributed by atoms with E-state index in [4.69, 9.17) is 9.47 Å². The first-order valence-electron chi connectivity index (χ1n) is 9.41. The van der Waals surface area contributed by atoms with Crippen LogP contribution in [0, 0.1) is 5.92 Å². The minimum atomic E-state index is -0.138. The van der Waals surface area contributed by atoms with E-state index in [1.54, 1.807) is 26.4 Å². The molecule has 0 radical (unpaired) electrons. The molecule has 2 aromatic rings. The Hall–Kier alpha value is -3.02. The van der Waals surface area contributed by atoms with Crippen LogP contribution in [-0.2, 0) is 16.0 Å². The smallest absolute Gasteiger partial charge is 0.227 e. The van der Waals surface area contributed by atoms with Crippen molar-refractivity contribution in [1.29, 1.82) is 0 Å². The highest BCUT2D eigenvalue weighted by Gasteiger charge is 2.29. The van der Waals surface area contributed by atoms with Crippen LogP contribution in [-0.4, -0.2) is 26.0 Å². The van der Waals surface area contributed by atoms with E-state index in [0.717, 1.165) is 29.7 Å². The summed E-state index contributed by atoms with van der Waals surface area (Å²) in [5, 5.41) is 5.92. The lowest BCUT2D eigenvalue weighted by Crippen LogP contribution is -2.28. The zero-order valence-corrected chi connectivity index (χ0v) is 16.5. The van der Waals surface area contributed by atoms with Crippen LogP contribution in [0.5, 0.6) is 11.5 Å². The standard InChI is InChI=1S/C22H26N2O4/c1-14(16-7-9-18(10-8-16)24-22(26)17-5-6-17)23-21(25)13-15-4-11-19(27-2)20(12-15)28-3/h4,7-12,14,17H,5-6,13H2,1-3H3,(H,23,25)(H,24,26). The van der Waals surface area contributed by atoms with Crippen molar-refractivity contribution < 1.29 is 19.1 Å². The molecule has 0 saturated heterocycles. The molecule has 0 aliphatic heterocycles. The van der Waals surface area contributed by atoms with Crippen LogP contribution < -0.4 is 20.1 Å². The molecule has 2 amide bonds. The fourth-order valence-electron chi connectivity index (χ4n) is 3.00. The molecule has 2 aromatic carbocycles. The second-order valence-corrected chi connectivity index (χ2v) is 7.04. The van der Waals surface area contributed by atoms with E-state index >= 15 is 0 Å². The molecular formula is C22H26N2O4. The topological polar surface area (TPSA) is 76.7 Å². The van der Waals surface area contributed by atoms with Crippen molar-refractivity contribution in [3.05, 3.63) is 53.6 Å². The Balaban J connectivity index is 1.55. The van der Waals surface area contributed by atoms with Crippen molar-refractivity contribution in [1.82, 2.24) is 5.32 Å². The van der Waals surface area contributed by atoms with Crippen LogP contribution >= 0.6 is 0 Å². The van der Waals surface area contributed by atoms with Crippen molar-refractivity contribution in [2.24, 2.45) is 5.92 Å². The largest absolute Gasteiger partial charge is 0.493 e. The summed E-state index contributed by atoms with van der Waals surface area (Å²) in [4.78, 5) is 24.2. The van der Waals surface area contributed by atoms with Gasteiger partial charge in [0.15, 0.2) is 11.5 Å². The number of methoxy groups -OCH3 is 2. The van der Waals surface area contributed by atoms with Crippen LogP contribution in [0.3, 0.4) is 0 Å².